The highest BCUT2D eigenvalue weighted by Gasteiger charge is 2.11. The highest BCUT2D eigenvalue weighted by atomic mass is 15.0. The molecule has 0 spiro atoms. The van der Waals surface area contributed by atoms with Crippen LogP contribution in [0.3, 0.4) is 0 Å². The SMILES string of the molecule is CCCCC(C)NCc1c(C)c2ccccc2n1C. The van der Waals surface area contributed by atoms with Gasteiger partial charge in [0.15, 0.2) is 0 Å². The molecule has 0 fully saturated rings. The molecule has 0 radical (unpaired) electrons. The number of aromatic nitrogens is 1. The molecule has 2 heteroatoms. The molecule has 2 nitrogen and oxygen atoms in total. The Morgan fingerprint density at radius 3 is 2.68 bits per heavy atom. The Bertz CT molecular complexity index is 500. The van der Waals surface area contributed by atoms with Crippen LogP contribution in [0, 0.1) is 6.92 Å². The number of hydrogen-bond acceptors (Lipinski definition) is 1. The van der Waals surface area contributed by atoms with Crippen LogP contribution in [0.1, 0.15) is 44.4 Å². The first-order valence-corrected chi connectivity index (χ1v) is 7.41. The van der Waals surface area contributed by atoms with Crippen LogP contribution in [0.2, 0.25) is 0 Å². The first-order chi connectivity index (χ1) is 9.15. The molecule has 1 aromatic carbocycles. The number of unbranched alkanes of at least 4 members (excludes halogenated alkanes) is 1. The minimum absolute atomic E-state index is 0.595. The standard InChI is InChI=1S/C17H26N2/c1-5-6-9-13(2)18-12-17-14(3)15-10-7-8-11-16(15)19(17)4/h7-8,10-11,13,18H,5-6,9,12H2,1-4H3. The zero-order valence-electron chi connectivity index (χ0n) is 12.7. The lowest BCUT2D eigenvalue weighted by atomic mass is 10.1. The van der Waals surface area contributed by atoms with Gasteiger partial charge in [0.1, 0.15) is 0 Å². The van der Waals surface area contributed by atoms with Gasteiger partial charge in [0, 0.05) is 36.2 Å². The summed E-state index contributed by atoms with van der Waals surface area (Å²) in [5.41, 5.74) is 4.15. The molecule has 0 saturated carbocycles. The number of rotatable bonds is 6. The molecule has 0 amide bonds. The van der Waals surface area contributed by atoms with Crippen molar-refractivity contribution in [1.82, 2.24) is 9.88 Å². The van der Waals surface area contributed by atoms with Crippen LogP contribution in [-0.4, -0.2) is 10.6 Å². The smallest absolute Gasteiger partial charge is 0.0483 e. The van der Waals surface area contributed by atoms with Gasteiger partial charge in [-0.05, 0) is 31.9 Å². The Labute approximate surface area is 116 Å². The normalized spacial score (nSPS) is 13.1. The van der Waals surface area contributed by atoms with E-state index < -0.39 is 0 Å². The van der Waals surface area contributed by atoms with E-state index in [2.05, 4.69) is 62.0 Å². The summed E-state index contributed by atoms with van der Waals surface area (Å²) >= 11 is 0. The van der Waals surface area contributed by atoms with Crippen LogP contribution in [-0.2, 0) is 13.6 Å². The maximum atomic E-state index is 3.66. The van der Waals surface area contributed by atoms with Gasteiger partial charge < -0.3 is 9.88 Å². The molecule has 1 aromatic heterocycles. The molecule has 2 aromatic rings. The van der Waals surface area contributed by atoms with Gasteiger partial charge in [0.05, 0.1) is 0 Å². The predicted octanol–water partition coefficient (Wildman–Crippen LogP) is 4.16. The third-order valence-electron chi connectivity index (χ3n) is 4.12. The number of para-hydroxylation sites is 1. The summed E-state index contributed by atoms with van der Waals surface area (Å²) in [6, 6.07) is 9.25. The number of fused-ring (bicyclic) bond motifs is 1. The van der Waals surface area contributed by atoms with Gasteiger partial charge >= 0.3 is 0 Å². The molecule has 0 aliphatic heterocycles. The lowest BCUT2D eigenvalue weighted by Gasteiger charge is -2.14. The topological polar surface area (TPSA) is 17.0 Å². The van der Waals surface area contributed by atoms with Gasteiger partial charge in [-0.3, -0.25) is 0 Å². The van der Waals surface area contributed by atoms with Gasteiger partial charge in [0.25, 0.3) is 0 Å². The molecule has 1 unspecified atom stereocenters. The molecular formula is C17H26N2. The van der Waals surface area contributed by atoms with Gasteiger partial charge in [-0.15, -0.1) is 0 Å². The molecule has 2 rings (SSSR count). The average Bonchev–Trinajstić information content (AvgIpc) is 2.67. The van der Waals surface area contributed by atoms with E-state index in [9.17, 15) is 0 Å². The predicted molar refractivity (Wildman–Crippen MR) is 83.5 cm³/mol. The van der Waals surface area contributed by atoms with Crippen LogP contribution in [0.4, 0.5) is 0 Å². The Morgan fingerprint density at radius 2 is 2.00 bits per heavy atom. The summed E-state index contributed by atoms with van der Waals surface area (Å²) in [5.74, 6) is 0. The van der Waals surface area contributed by atoms with E-state index in [1.54, 1.807) is 0 Å². The van der Waals surface area contributed by atoms with E-state index >= 15 is 0 Å². The minimum Gasteiger partial charge on any atom is -0.346 e. The van der Waals surface area contributed by atoms with Gasteiger partial charge in [-0.25, -0.2) is 0 Å². The molecule has 104 valence electrons. The van der Waals surface area contributed by atoms with Crippen molar-refractivity contribution in [3.63, 3.8) is 0 Å². The zero-order chi connectivity index (χ0) is 13.8. The number of benzene rings is 1. The minimum atomic E-state index is 0.595. The first kappa shape index (κ1) is 14.1. The van der Waals surface area contributed by atoms with E-state index in [4.69, 9.17) is 0 Å². The number of aryl methyl sites for hydroxylation is 2. The van der Waals surface area contributed by atoms with Gasteiger partial charge in [-0.1, -0.05) is 38.0 Å². The van der Waals surface area contributed by atoms with Crippen LogP contribution in [0.15, 0.2) is 24.3 Å². The maximum Gasteiger partial charge on any atom is 0.0483 e. The number of hydrogen-bond donors (Lipinski definition) is 1. The molecule has 1 N–H and O–H groups in total. The average molecular weight is 258 g/mol. The van der Waals surface area contributed by atoms with Crippen molar-refractivity contribution in [2.24, 2.45) is 7.05 Å². The van der Waals surface area contributed by atoms with Crippen LogP contribution in [0.5, 0.6) is 0 Å². The second-order valence-electron chi connectivity index (χ2n) is 5.57. The van der Waals surface area contributed by atoms with Crippen LogP contribution < -0.4 is 5.32 Å². The van der Waals surface area contributed by atoms with Crippen molar-refractivity contribution < 1.29 is 0 Å². The summed E-state index contributed by atoms with van der Waals surface area (Å²) in [4.78, 5) is 0. The van der Waals surface area contributed by atoms with Crippen LogP contribution in [0.25, 0.3) is 10.9 Å². The molecule has 1 heterocycles. The van der Waals surface area contributed by atoms with Crippen molar-refractivity contribution in [3.05, 3.63) is 35.5 Å². The fraction of sp³-hybridized carbons (Fsp3) is 0.529. The zero-order valence-corrected chi connectivity index (χ0v) is 12.7. The highest BCUT2D eigenvalue weighted by Crippen LogP contribution is 2.24. The quantitative estimate of drug-likeness (QED) is 0.823. The van der Waals surface area contributed by atoms with E-state index in [0.29, 0.717) is 6.04 Å². The summed E-state index contributed by atoms with van der Waals surface area (Å²) in [7, 11) is 2.17. The van der Waals surface area contributed by atoms with Crippen molar-refractivity contribution in [2.75, 3.05) is 0 Å². The van der Waals surface area contributed by atoms with E-state index in [1.165, 1.54) is 41.4 Å². The fourth-order valence-electron chi connectivity index (χ4n) is 2.77. The van der Waals surface area contributed by atoms with Crippen molar-refractivity contribution in [3.8, 4) is 0 Å². The third kappa shape index (κ3) is 3.01. The summed E-state index contributed by atoms with van der Waals surface area (Å²) in [6.45, 7) is 7.73. The van der Waals surface area contributed by atoms with E-state index in [0.717, 1.165) is 6.54 Å². The molecule has 1 atom stereocenters. The largest absolute Gasteiger partial charge is 0.346 e. The Morgan fingerprint density at radius 1 is 1.26 bits per heavy atom. The Hall–Kier alpha value is -1.28. The molecule has 0 saturated heterocycles. The molecule has 19 heavy (non-hydrogen) atoms. The maximum absolute atomic E-state index is 3.66. The summed E-state index contributed by atoms with van der Waals surface area (Å²) < 4.78 is 2.32. The Balaban J connectivity index is 2.12. The monoisotopic (exact) mass is 258 g/mol. The van der Waals surface area contributed by atoms with E-state index in [1.807, 2.05) is 0 Å². The molecule has 0 aliphatic carbocycles. The summed E-state index contributed by atoms with van der Waals surface area (Å²) in [6.07, 6.45) is 3.85. The molecular weight excluding hydrogens is 232 g/mol. The van der Waals surface area contributed by atoms with Gasteiger partial charge in [-0.2, -0.15) is 0 Å². The molecule has 0 bridgehead atoms. The first-order valence-electron chi connectivity index (χ1n) is 7.41. The second-order valence-corrected chi connectivity index (χ2v) is 5.57. The molecule has 0 aliphatic rings. The Kier molecular flexibility index (Phi) is 4.65. The third-order valence-corrected chi connectivity index (χ3v) is 4.12. The van der Waals surface area contributed by atoms with E-state index in [-0.39, 0.29) is 0 Å². The van der Waals surface area contributed by atoms with Gasteiger partial charge in [0.2, 0.25) is 0 Å². The lowest BCUT2D eigenvalue weighted by molar-refractivity contribution is 0.487. The van der Waals surface area contributed by atoms with Crippen LogP contribution >= 0.6 is 0 Å². The van der Waals surface area contributed by atoms with Crippen molar-refractivity contribution >= 4 is 10.9 Å². The second kappa shape index (κ2) is 6.25. The lowest BCUT2D eigenvalue weighted by Crippen LogP contribution is -2.26. The number of nitrogens with zero attached hydrogens (tertiary/aromatic N) is 1. The fourth-order valence-corrected chi connectivity index (χ4v) is 2.77. The summed E-state index contributed by atoms with van der Waals surface area (Å²) in [5, 5.41) is 5.03. The number of nitrogens with one attached hydrogen (secondary N) is 1. The van der Waals surface area contributed by atoms with Crippen molar-refractivity contribution in [1.29, 1.82) is 0 Å². The highest BCUT2D eigenvalue weighted by molar-refractivity contribution is 5.85. The van der Waals surface area contributed by atoms with Crippen molar-refractivity contribution in [2.45, 2.75) is 52.6 Å².